The SMILES string of the molecule is COc1ccc(N2C(=S)NC(c3ccccn3)C2c2ccc(-c3cccc(Cl)c3C)o2)cc1Cl. The minimum Gasteiger partial charge on any atom is -0.495 e. The van der Waals surface area contributed by atoms with Crippen molar-refractivity contribution < 1.29 is 9.15 Å². The van der Waals surface area contributed by atoms with Gasteiger partial charge in [-0.2, -0.15) is 0 Å². The number of nitrogens with zero attached hydrogens (tertiary/aromatic N) is 2. The van der Waals surface area contributed by atoms with Gasteiger partial charge in [0.1, 0.15) is 23.3 Å². The highest BCUT2D eigenvalue weighted by atomic mass is 35.5. The van der Waals surface area contributed by atoms with E-state index in [-0.39, 0.29) is 12.1 Å². The Morgan fingerprint density at radius 1 is 1.03 bits per heavy atom. The molecule has 34 heavy (non-hydrogen) atoms. The van der Waals surface area contributed by atoms with Crippen LogP contribution in [0.1, 0.15) is 29.1 Å². The number of furan rings is 1. The van der Waals surface area contributed by atoms with Crippen molar-refractivity contribution in [3.8, 4) is 17.1 Å². The van der Waals surface area contributed by atoms with Crippen LogP contribution in [0.5, 0.6) is 5.75 Å². The van der Waals surface area contributed by atoms with Gasteiger partial charge in [-0.25, -0.2) is 0 Å². The molecule has 2 unspecified atom stereocenters. The Bertz CT molecular complexity index is 1360. The van der Waals surface area contributed by atoms with Crippen LogP contribution in [-0.4, -0.2) is 17.2 Å². The normalized spacial score (nSPS) is 17.6. The zero-order valence-electron chi connectivity index (χ0n) is 18.5. The second kappa shape index (κ2) is 9.29. The van der Waals surface area contributed by atoms with Crippen LogP contribution in [0.25, 0.3) is 11.3 Å². The molecule has 0 aliphatic carbocycles. The molecule has 5 rings (SSSR count). The lowest BCUT2D eigenvalue weighted by molar-refractivity contribution is 0.415. The molecule has 5 nitrogen and oxygen atoms in total. The van der Waals surface area contributed by atoms with Crippen LogP contribution in [0.4, 0.5) is 5.69 Å². The van der Waals surface area contributed by atoms with E-state index in [1.165, 1.54) is 0 Å². The third-order valence-electron chi connectivity index (χ3n) is 5.96. The van der Waals surface area contributed by atoms with E-state index in [1.54, 1.807) is 13.3 Å². The minimum atomic E-state index is -0.292. The first-order valence-electron chi connectivity index (χ1n) is 10.7. The quantitative estimate of drug-likeness (QED) is 0.288. The molecule has 0 bridgehead atoms. The number of hydrogen-bond acceptors (Lipinski definition) is 4. The Balaban J connectivity index is 1.62. The van der Waals surface area contributed by atoms with Gasteiger partial charge < -0.3 is 19.4 Å². The number of halogens is 2. The molecule has 1 N–H and O–H groups in total. The molecule has 2 aromatic heterocycles. The molecule has 1 aliphatic heterocycles. The first-order valence-corrected chi connectivity index (χ1v) is 11.8. The van der Waals surface area contributed by atoms with Crippen molar-refractivity contribution in [2.75, 3.05) is 12.0 Å². The standard InChI is InChI=1S/C26H21Cl2N3O2S/c1-15-17(6-5-7-18(15)27)21-11-12-23(33-21)25-24(20-8-3-4-13-29-20)30-26(34)31(25)16-9-10-22(32-2)19(28)14-16/h3-14,24-25H,1-2H3,(H,30,34). The van der Waals surface area contributed by atoms with E-state index >= 15 is 0 Å². The van der Waals surface area contributed by atoms with Gasteiger partial charge in [0, 0.05) is 22.5 Å². The Morgan fingerprint density at radius 2 is 1.88 bits per heavy atom. The van der Waals surface area contributed by atoms with E-state index in [0.29, 0.717) is 20.9 Å². The first kappa shape index (κ1) is 22.7. The Kier molecular flexibility index (Phi) is 6.21. The highest BCUT2D eigenvalue weighted by Gasteiger charge is 2.42. The number of nitrogens with one attached hydrogen (secondary N) is 1. The molecule has 0 saturated carbocycles. The highest BCUT2D eigenvalue weighted by Crippen LogP contribution is 2.44. The van der Waals surface area contributed by atoms with Crippen LogP contribution >= 0.6 is 35.4 Å². The van der Waals surface area contributed by atoms with E-state index in [4.69, 9.17) is 44.6 Å². The van der Waals surface area contributed by atoms with Gasteiger partial charge in [0.15, 0.2) is 5.11 Å². The molecule has 1 aliphatic rings. The molecule has 1 fully saturated rings. The fourth-order valence-electron chi connectivity index (χ4n) is 4.26. The summed E-state index contributed by atoms with van der Waals surface area (Å²) in [5.74, 6) is 2.07. The van der Waals surface area contributed by atoms with Gasteiger partial charge in [0.25, 0.3) is 0 Å². The Hall–Kier alpha value is -3.06. The van der Waals surface area contributed by atoms with Crippen LogP contribution in [-0.2, 0) is 0 Å². The second-order valence-corrected chi connectivity index (χ2v) is 9.13. The predicted molar refractivity (Wildman–Crippen MR) is 140 cm³/mol. The molecular formula is C26H21Cl2N3O2S. The molecule has 172 valence electrons. The molecular weight excluding hydrogens is 489 g/mol. The van der Waals surface area contributed by atoms with E-state index in [2.05, 4.69) is 10.3 Å². The largest absolute Gasteiger partial charge is 0.495 e. The summed E-state index contributed by atoms with van der Waals surface area (Å²) >= 11 is 18.6. The van der Waals surface area contributed by atoms with Gasteiger partial charge in [-0.05, 0) is 73.2 Å². The fraction of sp³-hybridized carbons (Fsp3) is 0.154. The van der Waals surface area contributed by atoms with Crippen LogP contribution in [0.2, 0.25) is 10.0 Å². The van der Waals surface area contributed by atoms with Crippen LogP contribution in [0.15, 0.2) is 77.3 Å². The maximum atomic E-state index is 6.46. The van der Waals surface area contributed by atoms with Crippen molar-refractivity contribution in [3.05, 3.63) is 100.0 Å². The molecule has 2 aromatic carbocycles. The highest BCUT2D eigenvalue weighted by molar-refractivity contribution is 7.80. The van der Waals surface area contributed by atoms with Crippen molar-refractivity contribution in [2.45, 2.75) is 19.0 Å². The van der Waals surface area contributed by atoms with E-state index < -0.39 is 0 Å². The van der Waals surface area contributed by atoms with E-state index in [9.17, 15) is 0 Å². The zero-order chi connectivity index (χ0) is 23.8. The van der Waals surface area contributed by atoms with Gasteiger partial charge in [-0.1, -0.05) is 41.4 Å². The molecule has 4 aromatic rings. The number of hydrogen-bond donors (Lipinski definition) is 1. The van der Waals surface area contributed by atoms with Crippen molar-refractivity contribution in [2.24, 2.45) is 0 Å². The molecule has 3 heterocycles. The molecule has 8 heteroatoms. The maximum absolute atomic E-state index is 6.46. The predicted octanol–water partition coefficient (Wildman–Crippen LogP) is 7.14. The molecule has 2 atom stereocenters. The third kappa shape index (κ3) is 4.02. The summed E-state index contributed by atoms with van der Waals surface area (Å²) in [6, 6.07) is 20.6. The molecule has 0 radical (unpaired) electrons. The number of anilines is 1. The van der Waals surface area contributed by atoms with Gasteiger partial charge in [0.05, 0.1) is 23.9 Å². The zero-order valence-corrected chi connectivity index (χ0v) is 20.8. The monoisotopic (exact) mass is 509 g/mol. The van der Waals surface area contributed by atoms with Crippen LogP contribution < -0.4 is 15.0 Å². The van der Waals surface area contributed by atoms with Crippen LogP contribution in [0.3, 0.4) is 0 Å². The van der Waals surface area contributed by atoms with Crippen LogP contribution in [0, 0.1) is 6.92 Å². The molecule has 1 saturated heterocycles. The van der Waals surface area contributed by atoms with Gasteiger partial charge in [0.2, 0.25) is 0 Å². The van der Waals surface area contributed by atoms with Gasteiger partial charge >= 0.3 is 0 Å². The smallest absolute Gasteiger partial charge is 0.174 e. The van der Waals surface area contributed by atoms with Crippen molar-refractivity contribution in [1.82, 2.24) is 10.3 Å². The van der Waals surface area contributed by atoms with Gasteiger partial charge in [-0.15, -0.1) is 0 Å². The summed E-state index contributed by atoms with van der Waals surface area (Å²) in [5, 5.41) is 5.17. The number of pyridine rings is 1. The number of methoxy groups -OCH3 is 1. The summed E-state index contributed by atoms with van der Waals surface area (Å²) in [5.41, 5.74) is 3.59. The van der Waals surface area contributed by atoms with Gasteiger partial charge in [-0.3, -0.25) is 4.98 Å². The number of aromatic nitrogens is 1. The minimum absolute atomic E-state index is 0.228. The maximum Gasteiger partial charge on any atom is 0.174 e. The Morgan fingerprint density at radius 3 is 2.62 bits per heavy atom. The number of thiocarbonyl (C=S) groups is 1. The second-order valence-electron chi connectivity index (χ2n) is 7.93. The number of ether oxygens (including phenoxy) is 1. The lowest BCUT2D eigenvalue weighted by atomic mass is 10.0. The lowest BCUT2D eigenvalue weighted by Gasteiger charge is -2.26. The topological polar surface area (TPSA) is 50.5 Å². The van der Waals surface area contributed by atoms with Crippen molar-refractivity contribution in [1.29, 1.82) is 0 Å². The molecule has 0 spiro atoms. The average molecular weight is 510 g/mol. The number of benzene rings is 2. The number of rotatable bonds is 5. The fourth-order valence-corrected chi connectivity index (χ4v) is 5.03. The average Bonchev–Trinajstić information content (AvgIpc) is 3.46. The summed E-state index contributed by atoms with van der Waals surface area (Å²) in [6.07, 6.45) is 1.77. The third-order valence-corrected chi connectivity index (χ3v) is 6.98. The Labute approximate surface area is 213 Å². The summed E-state index contributed by atoms with van der Waals surface area (Å²) in [7, 11) is 1.59. The molecule has 0 amide bonds. The summed E-state index contributed by atoms with van der Waals surface area (Å²) in [4.78, 5) is 6.59. The van der Waals surface area contributed by atoms with Crippen molar-refractivity contribution >= 4 is 46.2 Å². The summed E-state index contributed by atoms with van der Waals surface area (Å²) < 4.78 is 11.8. The van der Waals surface area contributed by atoms with E-state index in [0.717, 1.165) is 34.0 Å². The summed E-state index contributed by atoms with van der Waals surface area (Å²) in [6.45, 7) is 1.98. The first-order chi connectivity index (χ1) is 16.5. The van der Waals surface area contributed by atoms with Crippen molar-refractivity contribution in [3.63, 3.8) is 0 Å². The van der Waals surface area contributed by atoms with E-state index in [1.807, 2.05) is 78.6 Å². The lowest BCUT2D eigenvalue weighted by Crippen LogP contribution is -2.29.